The average Bonchev–Trinajstić information content (AvgIpc) is 2.31. The van der Waals surface area contributed by atoms with Gasteiger partial charge < -0.3 is 15.4 Å². The molecule has 5 heteroatoms. The maximum atomic E-state index is 11.7. The molecule has 0 aliphatic rings. The lowest BCUT2D eigenvalue weighted by atomic mass is 10.2. The average molecular weight is 315 g/mol. The van der Waals surface area contributed by atoms with E-state index < -0.39 is 0 Å². The zero-order valence-electron chi connectivity index (χ0n) is 10.9. The first-order valence-corrected chi connectivity index (χ1v) is 6.61. The van der Waals surface area contributed by atoms with E-state index in [1.54, 1.807) is 7.11 Å². The van der Waals surface area contributed by atoms with Gasteiger partial charge in [-0.15, -0.1) is 0 Å². The highest BCUT2D eigenvalue weighted by Crippen LogP contribution is 2.23. The minimum atomic E-state index is -0.0427. The molecular formula is C13H19BrN2O2. The van der Waals surface area contributed by atoms with Crippen molar-refractivity contribution in [3.63, 3.8) is 0 Å². The highest BCUT2D eigenvalue weighted by molar-refractivity contribution is 9.10. The molecule has 0 aliphatic carbocycles. The predicted molar refractivity (Wildman–Crippen MR) is 76.8 cm³/mol. The SMILES string of the molecule is COCC(C)NC(=O)CNc1cccc(Br)c1C. The zero-order chi connectivity index (χ0) is 13.5. The van der Waals surface area contributed by atoms with E-state index in [0.29, 0.717) is 6.61 Å². The van der Waals surface area contributed by atoms with Gasteiger partial charge in [-0.25, -0.2) is 0 Å². The lowest BCUT2D eigenvalue weighted by Gasteiger charge is -2.14. The maximum Gasteiger partial charge on any atom is 0.239 e. The third kappa shape index (κ3) is 4.66. The minimum absolute atomic E-state index is 0.0212. The van der Waals surface area contributed by atoms with Gasteiger partial charge in [-0.1, -0.05) is 22.0 Å². The van der Waals surface area contributed by atoms with Crippen LogP contribution in [0.1, 0.15) is 12.5 Å². The van der Waals surface area contributed by atoms with E-state index in [1.165, 1.54) is 0 Å². The lowest BCUT2D eigenvalue weighted by molar-refractivity contribution is -0.120. The van der Waals surface area contributed by atoms with Crippen LogP contribution in [0.5, 0.6) is 0 Å². The van der Waals surface area contributed by atoms with Crippen LogP contribution in [-0.4, -0.2) is 32.2 Å². The number of benzene rings is 1. The molecule has 4 nitrogen and oxygen atoms in total. The number of hydrogen-bond donors (Lipinski definition) is 2. The molecule has 1 atom stereocenters. The van der Waals surface area contributed by atoms with Gasteiger partial charge in [0, 0.05) is 23.3 Å². The van der Waals surface area contributed by atoms with Gasteiger partial charge in [0.2, 0.25) is 5.91 Å². The van der Waals surface area contributed by atoms with Crippen LogP contribution in [0.3, 0.4) is 0 Å². The van der Waals surface area contributed by atoms with Crippen LogP contribution in [-0.2, 0) is 9.53 Å². The molecule has 0 aliphatic heterocycles. The van der Waals surface area contributed by atoms with Gasteiger partial charge in [0.25, 0.3) is 0 Å². The van der Waals surface area contributed by atoms with Gasteiger partial charge in [-0.3, -0.25) is 4.79 Å². The molecule has 0 saturated heterocycles. The number of rotatable bonds is 6. The number of anilines is 1. The summed E-state index contributed by atoms with van der Waals surface area (Å²) in [6.07, 6.45) is 0. The second-order valence-electron chi connectivity index (χ2n) is 4.19. The molecule has 1 aromatic rings. The Hall–Kier alpha value is -1.07. The Balaban J connectivity index is 2.45. The fourth-order valence-electron chi connectivity index (χ4n) is 1.59. The van der Waals surface area contributed by atoms with Gasteiger partial charge in [0.15, 0.2) is 0 Å². The molecule has 0 spiro atoms. The van der Waals surface area contributed by atoms with Crippen molar-refractivity contribution in [1.82, 2.24) is 5.32 Å². The van der Waals surface area contributed by atoms with E-state index >= 15 is 0 Å². The smallest absolute Gasteiger partial charge is 0.239 e. The number of carbonyl (C=O) groups is 1. The van der Waals surface area contributed by atoms with E-state index in [-0.39, 0.29) is 18.5 Å². The summed E-state index contributed by atoms with van der Waals surface area (Å²) in [6.45, 7) is 4.68. The number of methoxy groups -OCH3 is 1. The second kappa shape index (κ2) is 7.38. The van der Waals surface area contributed by atoms with Crippen molar-refractivity contribution in [2.75, 3.05) is 25.6 Å². The van der Waals surface area contributed by atoms with Gasteiger partial charge in [0.1, 0.15) is 0 Å². The Kier molecular flexibility index (Phi) is 6.15. The predicted octanol–water partition coefficient (Wildman–Crippen LogP) is 2.32. The van der Waals surface area contributed by atoms with E-state index in [1.807, 2.05) is 32.0 Å². The van der Waals surface area contributed by atoms with Crippen molar-refractivity contribution in [3.8, 4) is 0 Å². The van der Waals surface area contributed by atoms with Crippen molar-refractivity contribution in [2.24, 2.45) is 0 Å². The first-order valence-electron chi connectivity index (χ1n) is 5.82. The van der Waals surface area contributed by atoms with Crippen molar-refractivity contribution in [2.45, 2.75) is 19.9 Å². The van der Waals surface area contributed by atoms with Crippen LogP contribution in [0.2, 0.25) is 0 Å². The number of nitrogens with one attached hydrogen (secondary N) is 2. The maximum absolute atomic E-state index is 11.7. The highest BCUT2D eigenvalue weighted by atomic mass is 79.9. The molecule has 0 bridgehead atoms. The summed E-state index contributed by atoms with van der Waals surface area (Å²) in [5.74, 6) is -0.0427. The standard InChI is InChI=1S/C13H19BrN2O2/c1-9(8-18-3)16-13(17)7-15-12-6-4-5-11(14)10(12)2/h4-6,9,15H,7-8H2,1-3H3,(H,16,17). The van der Waals surface area contributed by atoms with Crippen molar-refractivity contribution in [3.05, 3.63) is 28.2 Å². The van der Waals surface area contributed by atoms with Gasteiger partial charge >= 0.3 is 0 Å². The molecule has 1 amide bonds. The number of halogens is 1. The van der Waals surface area contributed by atoms with Crippen LogP contribution in [0.4, 0.5) is 5.69 Å². The fraction of sp³-hybridized carbons (Fsp3) is 0.462. The molecule has 1 rings (SSSR count). The van der Waals surface area contributed by atoms with E-state index in [2.05, 4.69) is 26.6 Å². The molecule has 0 saturated carbocycles. The Bertz CT molecular complexity index is 410. The Morgan fingerprint density at radius 1 is 1.50 bits per heavy atom. The molecule has 100 valence electrons. The summed E-state index contributed by atoms with van der Waals surface area (Å²) >= 11 is 3.46. The van der Waals surface area contributed by atoms with Crippen molar-refractivity contribution >= 4 is 27.5 Å². The highest BCUT2D eigenvalue weighted by Gasteiger charge is 2.07. The van der Waals surface area contributed by atoms with Crippen molar-refractivity contribution in [1.29, 1.82) is 0 Å². The molecule has 0 aromatic heterocycles. The van der Waals surface area contributed by atoms with E-state index in [9.17, 15) is 4.79 Å². The Morgan fingerprint density at radius 2 is 2.22 bits per heavy atom. The molecule has 0 radical (unpaired) electrons. The molecular weight excluding hydrogens is 296 g/mol. The number of carbonyl (C=O) groups excluding carboxylic acids is 1. The molecule has 0 fully saturated rings. The van der Waals surface area contributed by atoms with Crippen LogP contribution in [0.25, 0.3) is 0 Å². The summed E-state index contributed by atoms with van der Waals surface area (Å²) < 4.78 is 5.99. The monoisotopic (exact) mass is 314 g/mol. The third-order valence-corrected chi connectivity index (χ3v) is 3.39. The largest absolute Gasteiger partial charge is 0.383 e. The quantitative estimate of drug-likeness (QED) is 0.847. The summed E-state index contributed by atoms with van der Waals surface area (Å²) in [6, 6.07) is 5.88. The van der Waals surface area contributed by atoms with Gasteiger partial charge in [-0.2, -0.15) is 0 Å². The van der Waals surface area contributed by atoms with Crippen LogP contribution in [0.15, 0.2) is 22.7 Å². The second-order valence-corrected chi connectivity index (χ2v) is 5.04. The molecule has 2 N–H and O–H groups in total. The summed E-state index contributed by atoms with van der Waals surface area (Å²) in [5.41, 5.74) is 2.05. The van der Waals surface area contributed by atoms with Crippen LogP contribution >= 0.6 is 15.9 Å². The number of amides is 1. The summed E-state index contributed by atoms with van der Waals surface area (Å²) in [4.78, 5) is 11.7. The lowest BCUT2D eigenvalue weighted by Crippen LogP contribution is -2.39. The summed E-state index contributed by atoms with van der Waals surface area (Å²) in [5, 5.41) is 5.97. The number of hydrogen-bond acceptors (Lipinski definition) is 3. The van der Waals surface area contributed by atoms with Crippen LogP contribution < -0.4 is 10.6 Å². The van der Waals surface area contributed by atoms with Crippen molar-refractivity contribution < 1.29 is 9.53 Å². The van der Waals surface area contributed by atoms with Crippen LogP contribution in [0, 0.1) is 6.92 Å². The van der Waals surface area contributed by atoms with Gasteiger partial charge in [-0.05, 0) is 31.5 Å². The number of ether oxygens (including phenoxy) is 1. The first-order chi connectivity index (χ1) is 8.54. The topological polar surface area (TPSA) is 50.4 Å². The Morgan fingerprint density at radius 3 is 2.89 bits per heavy atom. The molecule has 0 heterocycles. The third-order valence-electron chi connectivity index (χ3n) is 2.53. The summed E-state index contributed by atoms with van der Waals surface area (Å²) in [7, 11) is 1.62. The normalized spacial score (nSPS) is 12.0. The fourth-order valence-corrected chi connectivity index (χ4v) is 1.96. The zero-order valence-corrected chi connectivity index (χ0v) is 12.5. The van der Waals surface area contributed by atoms with E-state index in [4.69, 9.17) is 4.74 Å². The molecule has 1 unspecified atom stereocenters. The molecule has 1 aromatic carbocycles. The molecule has 18 heavy (non-hydrogen) atoms. The Labute approximate surface area is 116 Å². The van der Waals surface area contributed by atoms with E-state index in [0.717, 1.165) is 15.7 Å². The van der Waals surface area contributed by atoms with Gasteiger partial charge in [0.05, 0.1) is 13.2 Å². The minimum Gasteiger partial charge on any atom is -0.383 e. The first kappa shape index (κ1) is 15.0.